The van der Waals surface area contributed by atoms with E-state index in [-0.39, 0.29) is 5.38 Å². The average Bonchev–Trinajstić information content (AvgIpc) is 2.53. The predicted molar refractivity (Wildman–Crippen MR) is 89.4 cm³/mol. The smallest absolute Gasteiger partial charge is 0.0588 e. The second-order valence-electron chi connectivity index (χ2n) is 4.83. The second-order valence-corrected chi connectivity index (χ2v) is 5.62. The van der Waals surface area contributed by atoms with E-state index < -0.39 is 0 Å². The lowest BCUT2D eigenvalue weighted by Crippen LogP contribution is -1.94. The highest BCUT2D eigenvalue weighted by Crippen LogP contribution is 2.26. The Bertz CT molecular complexity index is 541. The molecule has 0 fully saturated rings. The summed E-state index contributed by atoms with van der Waals surface area (Å²) >= 11 is 12.2. The molecule has 2 aromatic carbocycles. The summed E-state index contributed by atoms with van der Waals surface area (Å²) in [5, 5.41) is 0.0402. The van der Waals surface area contributed by atoms with Crippen LogP contribution in [0, 0.1) is 0 Å². The van der Waals surface area contributed by atoms with Crippen molar-refractivity contribution >= 4 is 29.3 Å². The lowest BCUT2D eigenvalue weighted by atomic mass is 10.0. The Hall–Kier alpha value is -1.24. The minimum Gasteiger partial charge on any atom is -0.122 e. The Morgan fingerprint density at radius 1 is 0.950 bits per heavy atom. The fraction of sp³-hybridized carbons (Fsp3) is 0.222. The number of alkyl halides is 2. The molecule has 0 nitrogen and oxygen atoms in total. The first-order valence-corrected chi connectivity index (χ1v) is 7.70. The Morgan fingerprint density at radius 2 is 1.55 bits per heavy atom. The summed E-state index contributed by atoms with van der Waals surface area (Å²) in [6.07, 6.45) is 3.75. The molecule has 0 heterocycles. The molecular weight excluding hydrogens is 287 g/mol. The molecule has 0 aromatic heterocycles. The van der Waals surface area contributed by atoms with Crippen molar-refractivity contribution in [2.75, 3.05) is 0 Å². The highest BCUT2D eigenvalue weighted by molar-refractivity contribution is 6.20. The molecule has 0 bridgehead atoms. The van der Waals surface area contributed by atoms with Crippen LogP contribution in [-0.2, 0) is 12.3 Å². The summed E-state index contributed by atoms with van der Waals surface area (Å²) < 4.78 is 0. The van der Waals surface area contributed by atoms with Crippen LogP contribution in [0.3, 0.4) is 0 Å². The van der Waals surface area contributed by atoms with E-state index in [1.54, 1.807) is 0 Å². The van der Waals surface area contributed by atoms with Crippen molar-refractivity contribution < 1.29 is 0 Å². The molecule has 0 aliphatic rings. The second kappa shape index (κ2) is 7.52. The fourth-order valence-corrected chi connectivity index (χ4v) is 2.53. The van der Waals surface area contributed by atoms with Crippen molar-refractivity contribution in [2.24, 2.45) is 0 Å². The first-order valence-electron chi connectivity index (χ1n) is 6.73. The Morgan fingerprint density at radius 3 is 2.10 bits per heavy atom. The molecule has 0 saturated heterocycles. The summed E-state index contributed by atoms with van der Waals surface area (Å²) in [7, 11) is 0. The Kier molecular flexibility index (Phi) is 5.70. The number of aryl methyl sites for hydroxylation is 1. The fourth-order valence-electron chi connectivity index (χ4n) is 2.10. The third kappa shape index (κ3) is 4.13. The van der Waals surface area contributed by atoms with Crippen LogP contribution < -0.4 is 0 Å². The van der Waals surface area contributed by atoms with Crippen molar-refractivity contribution in [3.63, 3.8) is 0 Å². The van der Waals surface area contributed by atoms with Crippen molar-refractivity contribution in [1.29, 1.82) is 0 Å². The topological polar surface area (TPSA) is 0 Å². The molecule has 2 heteroatoms. The third-order valence-corrected chi connectivity index (χ3v) is 4.18. The summed E-state index contributed by atoms with van der Waals surface area (Å²) in [6.45, 7) is 3.76. The van der Waals surface area contributed by atoms with Gasteiger partial charge in [0.15, 0.2) is 0 Å². The zero-order valence-corrected chi connectivity index (χ0v) is 12.9. The van der Waals surface area contributed by atoms with E-state index in [1.165, 1.54) is 5.56 Å². The van der Waals surface area contributed by atoms with Crippen LogP contribution in [0.4, 0.5) is 0 Å². The first kappa shape index (κ1) is 15.2. The molecule has 0 N–H and O–H groups in total. The van der Waals surface area contributed by atoms with Crippen LogP contribution in [-0.4, -0.2) is 0 Å². The van der Waals surface area contributed by atoms with Gasteiger partial charge >= 0.3 is 0 Å². The molecule has 0 radical (unpaired) electrons. The molecule has 0 aliphatic carbocycles. The lowest BCUT2D eigenvalue weighted by molar-refractivity contribution is 0.793. The molecule has 104 valence electrons. The maximum atomic E-state index is 6.46. The van der Waals surface area contributed by atoms with E-state index in [0.29, 0.717) is 5.88 Å². The highest BCUT2D eigenvalue weighted by Gasteiger charge is 2.08. The van der Waals surface area contributed by atoms with Gasteiger partial charge in [0.05, 0.1) is 5.38 Å². The van der Waals surface area contributed by atoms with E-state index in [9.17, 15) is 0 Å². The molecule has 2 aromatic rings. The summed E-state index contributed by atoms with van der Waals surface area (Å²) in [4.78, 5) is 0. The van der Waals surface area contributed by atoms with Gasteiger partial charge in [-0.3, -0.25) is 0 Å². The van der Waals surface area contributed by atoms with Gasteiger partial charge < -0.3 is 0 Å². The van der Waals surface area contributed by atoms with Crippen LogP contribution >= 0.6 is 23.2 Å². The lowest BCUT2D eigenvalue weighted by Gasteiger charge is -2.10. The molecule has 2 rings (SSSR count). The zero-order valence-electron chi connectivity index (χ0n) is 11.4. The van der Waals surface area contributed by atoms with E-state index in [2.05, 4.69) is 43.0 Å². The van der Waals surface area contributed by atoms with Crippen molar-refractivity contribution in [1.82, 2.24) is 0 Å². The number of halogens is 2. The van der Waals surface area contributed by atoms with Gasteiger partial charge in [0, 0.05) is 5.88 Å². The van der Waals surface area contributed by atoms with Gasteiger partial charge in [-0.15, -0.1) is 23.2 Å². The Labute approximate surface area is 131 Å². The molecular formula is C18H18Cl2. The van der Waals surface area contributed by atoms with E-state index in [0.717, 1.165) is 29.5 Å². The van der Waals surface area contributed by atoms with Crippen molar-refractivity contribution in [3.05, 3.63) is 77.4 Å². The minimum atomic E-state index is 0.0402. The van der Waals surface area contributed by atoms with E-state index in [1.807, 2.05) is 18.2 Å². The normalized spacial score (nSPS) is 12.1. The average molecular weight is 305 g/mol. The summed E-state index contributed by atoms with van der Waals surface area (Å²) in [6, 6.07) is 16.6. The van der Waals surface area contributed by atoms with Gasteiger partial charge in [0.1, 0.15) is 0 Å². The molecule has 0 aliphatic heterocycles. The number of hydrogen-bond donors (Lipinski definition) is 0. The molecule has 0 spiro atoms. The maximum absolute atomic E-state index is 6.46. The predicted octanol–water partition coefficient (Wildman–Crippen LogP) is 5.98. The van der Waals surface area contributed by atoms with E-state index in [4.69, 9.17) is 23.2 Å². The molecule has 1 unspecified atom stereocenters. The molecule has 20 heavy (non-hydrogen) atoms. The standard InChI is InChI=1S/C18H18Cl2/c1-2-14-3-5-15(6-4-14)9-12-18(20)17-10-7-16(13-19)8-11-17/h2-8,10-11,18H,1,9,12-13H2. The van der Waals surface area contributed by atoms with Gasteiger partial charge in [-0.25, -0.2) is 0 Å². The number of benzene rings is 2. The largest absolute Gasteiger partial charge is 0.122 e. The van der Waals surface area contributed by atoms with Crippen LogP contribution in [0.15, 0.2) is 55.1 Å². The maximum Gasteiger partial charge on any atom is 0.0588 e. The van der Waals surface area contributed by atoms with Crippen molar-refractivity contribution in [3.8, 4) is 0 Å². The van der Waals surface area contributed by atoms with Gasteiger partial charge in [-0.2, -0.15) is 0 Å². The quantitative estimate of drug-likeness (QED) is 0.576. The zero-order chi connectivity index (χ0) is 14.4. The SMILES string of the molecule is C=Cc1ccc(CCC(Cl)c2ccc(CCl)cc2)cc1. The van der Waals surface area contributed by atoms with Gasteiger partial charge in [0.2, 0.25) is 0 Å². The van der Waals surface area contributed by atoms with Gasteiger partial charge in [-0.05, 0) is 35.1 Å². The number of rotatable bonds is 6. The first-order chi connectivity index (χ1) is 9.72. The van der Waals surface area contributed by atoms with Gasteiger partial charge in [-0.1, -0.05) is 61.2 Å². The third-order valence-electron chi connectivity index (χ3n) is 3.40. The molecule has 1 atom stereocenters. The molecule has 0 saturated carbocycles. The number of hydrogen-bond acceptors (Lipinski definition) is 0. The molecule has 0 amide bonds. The van der Waals surface area contributed by atoms with Crippen LogP contribution in [0.5, 0.6) is 0 Å². The highest BCUT2D eigenvalue weighted by atomic mass is 35.5. The van der Waals surface area contributed by atoms with Gasteiger partial charge in [0.25, 0.3) is 0 Å². The van der Waals surface area contributed by atoms with Crippen LogP contribution in [0.1, 0.15) is 34.1 Å². The monoisotopic (exact) mass is 304 g/mol. The van der Waals surface area contributed by atoms with E-state index >= 15 is 0 Å². The summed E-state index contributed by atoms with van der Waals surface area (Å²) in [5.74, 6) is 0.545. The summed E-state index contributed by atoms with van der Waals surface area (Å²) in [5.41, 5.74) is 4.73. The van der Waals surface area contributed by atoms with Crippen LogP contribution in [0.2, 0.25) is 0 Å². The van der Waals surface area contributed by atoms with Crippen LogP contribution in [0.25, 0.3) is 6.08 Å². The van der Waals surface area contributed by atoms with Crippen molar-refractivity contribution in [2.45, 2.75) is 24.1 Å². The minimum absolute atomic E-state index is 0.0402. The Balaban J connectivity index is 1.93.